The first kappa shape index (κ1) is 23.5. The first-order chi connectivity index (χ1) is 16.9. The summed E-state index contributed by atoms with van der Waals surface area (Å²) in [5, 5.41) is 13.9. The van der Waals surface area contributed by atoms with Crippen LogP contribution in [0.4, 0.5) is 5.69 Å². The molecule has 35 heavy (non-hydrogen) atoms. The van der Waals surface area contributed by atoms with E-state index in [1.165, 1.54) is 10.3 Å². The van der Waals surface area contributed by atoms with Crippen LogP contribution in [0, 0.1) is 11.3 Å². The average molecular weight is 490 g/mol. The fraction of sp³-hybridized carbons (Fsp3) is 0.462. The lowest BCUT2D eigenvalue weighted by molar-refractivity contribution is 0.101. The zero-order valence-corrected chi connectivity index (χ0v) is 21.5. The van der Waals surface area contributed by atoms with Crippen LogP contribution in [0.2, 0.25) is 0 Å². The SMILES string of the molecule is CC[C@H]1CN([C@@H](C)c2ccc3scnc3c2)[C@H](CC)CN1c1cc(=O)n(C)c2cn(CC#N)nc12. The van der Waals surface area contributed by atoms with E-state index in [4.69, 9.17) is 10.4 Å². The van der Waals surface area contributed by atoms with Crippen molar-refractivity contribution >= 4 is 38.3 Å². The second-order valence-corrected chi connectivity index (χ2v) is 10.3. The van der Waals surface area contributed by atoms with E-state index in [1.807, 2.05) is 5.51 Å². The van der Waals surface area contributed by atoms with E-state index in [0.717, 1.165) is 48.2 Å². The lowest BCUT2D eigenvalue weighted by Crippen LogP contribution is -2.58. The van der Waals surface area contributed by atoms with Gasteiger partial charge in [-0.05, 0) is 37.5 Å². The Morgan fingerprint density at radius 2 is 2.00 bits per heavy atom. The van der Waals surface area contributed by atoms with Crippen LogP contribution >= 0.6 is 11.3 Å². The molecule has 3 atom stereocenters. The number of hydrogen-bond donors (Lipinski definition) is 0. The van der Waals surface area contributed by atoms with Gasteiger partial charge in [-0.25, -0.2) is 4.98 Å². The quantitative estimate of drug-likeness (QED) is 0.401. The maximum Gasteiger partial charge on any atom is 0.252 e. The average Bonchev–Trinajstić information content (AvgIpc) is 3.52. The van der Waals surface area contributed by atoms with Crippen molar-refractivity contribution < 1.29 is 0 Å². The largest absolute Gasteiger partial charge is 0.364 e. The van der Waals surface area contributed by atoms with Gasteiger partial charge in [0.15, 0.2) is 0 Å². The van der Waals surface area contributed by atoms with Gasteiger partial charge in [-0.1, -0.05) is 19.9 Å². The summed E-state index contributed by atoms with van der Waals surface area (Å²) in [4.78, 5) is 22.4. The second-order valence-electron chi connectivity index (χ2n) is 9.37. The number of anilines is 1. The van der Waals surface area contributed by atoms with Gasteiger partial charge in [-0.3, -0.25) is 14.4 Å². The summed E-state index contributed by atoms with van der Waals surface area (Å²) in [6.45, 7) is 8.62. The van der Waals surface area contributed by atoms with Gasteiger partial charge in [0.25, 0.3) is 5.56 Å². The fourth-order valence-electron chi connectivity index (χ4n) is 5.39. The molecule has 0 saturated carbocycles. The smallest absolute Gasteiger partial charge is 0.252 e. The highest BCUT2D eigenvalue weighted by Gasteiger charge is 2.36. The summed E-state index contributed by atoms with van der Waals surface area (Å²) in [6.07, 6.45) is 3.77. The topological polar surface area (TPSA) is 83.0 Å². The Morgan fingerprint density at radius 1 is 1.20 bits per heavy atom. The molecule has 0 radical (unpaired) electrons. The summed E-state index contributed by atoms with van der Waals surface area (Å²) < 4.78 is 4.46. The van der Waals surface area contributed by atoms with Crippen molar-refractivity contribution in [1.82, 2.24) is 24.2 Å². The molecule has 182 valence electrons. The molecule has 8 nitrogen and oxygen atoms in total. The Balaban J connectivity index is 1.51. The van der Waals surface area contributed by atoms with E-state index in [1.54, 1.807) is 39.9 Å². The Morgan fingerprint density at radius 3 is 2.74 bits per heavy atom. The van der Waals surface area contributed by atoms with Crippen molar-refractivity contribution in [2.45, 2.75) is 58.3 Å². The molecule has 1 saturated heterocycles. The minimum absolute atomic E-state index is 0.0562. The fourth-order valence-corrected chi connectivity index (χ4v) is 6.05. The highest BCUT2D eigenvalue weighted by atomic mass is 32.1. The van der Waals surface area contributed by atoms with E-state index in [0.29, 0.717) is 6.04 Å². The van der Waals surface area contributed by atoms with Crippen molar-refractivity contribution in [3.8, 4) is 6.07 Å². The van der Waals surface area contributed by atoms with E-state index < -0.39 is 0 Å². The predicted molar refractivity (Wildman–Crippen MR) is 141 cm³/mol. The van der Waals surface area contributed by atoms with Gasteiger partial charge in [-0.2, -0.15) is 10.4 Å². The highest BCUT2D eigenvalue weighted by Crippen LogP contribution is 2.35. The predicted octanol–water partition coefficient (Wildman–Crippen LogP) is 4.31. The molecule has 0 N–H and O–H groups in total. The maximum absolute atomic E-state index is 12.9. The van der Waals surface area contributed by atoms with Gasteiger partial charge in [0.2, 0.25) is 0 Å². The van der Waals surface area contributed by atoms with Crippen LogP contribution in [0.1, 0.15) is 45.2 Å². The number of rotatable bonds is 6. The minimum atomic E-state index is -0.0562. The highest BCUT2D eigenvalue weighted by molar-refractivity contribution is 7.16. The number of hydrogen-bond acceptors (Lipinski definition) is 7. The number of nitriles is 1. The molecule has 1 aliphatic heterocycles. The zero-order chi connectivity index (χ0) is 24.7. The molecule has 0 aliphatic carbocycles. The van der Waals surface area contributed by atoms with Crippen LogP contribution in [0.5, 0.6) is 0 Å². The van der Waals surface area contributed by atoms with Crippen molar-refractivity contribution in [3.05, 3.63) is 51.9 Å². The van der Waals surface area contributed by atoms with Gasteiger partial charge < -0.3 is 9.47 Å². The van der Waals surface area contributed by atoms with E-state index >= 15 is 0 Å². The van der Waals surface area contributed by atoms with Crippen LogP contribution in [-0.2, 0) is 13.6 Å². The second kappa shape index (κ2) is 9.44. The molecule has 0 unspecified atom stereocenters. The number of pyridine rings is 1. The first-order valence-corrected chi connectivity index (χ1v) is 13.1. The Labute approximate surface area is 209 Å². The molecule has 1 aliphatic rings. The third-order valence-corrected chi connectivity index (χ3v) is 8.30. The molecular weight excluding hydrogens is 458 g/mol. The zero-order valence-electron chi connectivity index (χ0n) is 20.7. The maximum atomic E-state index is 12.9. The number of piperazine rings is 1. The molecule has 9 heteroatoms. The van der Waals surface area contributed by atoms with Crippen LogP contribution < -0.4 is 10.5 Å². The van der Waals surface area contributed by atoms with Crippen molar-refractivity contribution in [1.29, 1.82) is 5.26 Å². The van der Waals surface area contributed by atoms with E-state index in [2.05, 4.69) is 59.8 Å². The molecule has 3 aromatic heterocycles. The monoisotopic (exact) mass is 489 g/mol. The first-order valence-electron chi connectivity index (χ1n) is 12.2. The lowest BCUT2D eigenvalue weighted by atomic mass is 9.96. The van der Waals surface area contributed by atoms with Gasteiger partial charge in [0.1, 0.15) is 12.1 Å². The number of nitrogens with zero attached hydrogens (tertiary/aromatic N) is 7. The summed E-state index contributed by atoms with van der Waals surface area (Å²) in [5.41, 5.74) is 6.62. The lowest BCUT2D eigenvalue weighted by Gasteiger charge is -2.49. The van der Waals surface area contributed by atoms with Crippen LogP contribution in [0.25, 0.3) is 21.3 Å². The molecule has 5 rings (SSSR count). The van der Waals surface area contributed by atoms with E-state index in [9.17, 15) is 4.79 Å². The third-order valence-electron chi connectivity index (χ3n) is 7.49. The summed E-state index contributed by atoms with van der Waals surface area (Å²) in [6, 6.07) is 11.4. The standard InChI is InChI=1S/C26H31N7OS/c1-5-19-14-33(22-12-25(34)30(4)23-15-31(10-9-27)29-26(22)23)20(6-2)13-32(19)17(3)18-7-8-24-21(11-18)28-16-35-24/h7-8,11-12,15-17,19-20H,5-6,10,13-14H2,1-4H3/t17-,19+,20-/m0/s1. The normalized spacial score (nSPS) is 19.9. The van der Waals surface area contributed by atoms with E-state index in [-0.39, 0.29) is 24.2 Å². The number of aryl methyl sites for hydroxylation is 1. The van der Waals surface area contributed by atoms with Gasteiger partial charge in [-0.15, -0.1) is 11.3 Å². The van der Waals surface area contributed by atoms with Gasteiger partial charge >= 0.3 is 0 Å². The Kier molecular flexibility index (Phi) is 6.34. The Hall–Kier alpha value is -3.22. The number of fused-ring (bicyclic) bond motifs is 2. The summed E-state index contributed by atoms with van der Waals surface area (Å²) in [7, 11) is 1.76. The van der Waals surface area contributed by atoms with Gasteiger partial charge in [0.05, 0.1) is 39.2 Å². The van der Waals surface area contributed by atoms with Crippen molar-refractivity contribution in [2.75, 3.05) is 18.0 Å². The molecule has 4 heterocycles. The minimum Gasteiger partial charge on any atom is -0.364 e. The van der Waals surface area contributed by atoms with Gasteiger partial charge in [0, 0.05) is 44.3 Å². The van der Waals surface area contributed by atoms with Crippen molar-refractivity contribution in [3.63, 3.8) is 0 Å². The number of benzene rings is 1. The molecule has 1 fully saturated rings. The molecule has 0 spiro atoms. The number of thiazole rings is 1. The summed E-state index contributed by atoms with van der Waals surface area (Å²) >= 11 is 1.67. The molecule has 0 amide bonds. The Bertz CT molecular complexity index is 1460. The third kappa shape index (κ3) is 4.11. The molecule has 0 bridgehead atoms. The van der Waals surface area contributed by atoms with Crippen LogP contribution in [0.3, 0.4) is 0 Å². The molecule has 4 aromatic rings. The number of aromatic nitrogens is 4. The molecule has 1 aromatic carbocycles. The van der Waals surface area contributed by atoms with Crippen molar-refractivity contribution in [2.24, 2.45) is 7.05 Å². The van der Waals surface area contributed by atoms with Crippen LogP contribution in [0.15, 0.2) is 40.8 Å². The molecular formula is C26H31N7OS. The summed E-state index contributed by atoms with van der Waals surface area (Å²) in [5.74, 6) is 0. The van der Waals surface area contributed by atoms with Crippen LogP contribution in [-0.4, -0.2) is 49.4 Å².